The van der Waals surface area contributed by atoms with Crippen LogP contribution in [0.2, 0.25) is 0 Å². The third kappa shape index (κ3) is 3.05. The van der Waals surface area contributed by atoms with Crippen molar-refractivity contribution >= 4 is 0 Å². The predicted octanol–water partition coefficient (Wildman–Crippen LogP) is 3.45. The number of benzene rings is 1. The van der Waals surface area contributed by atoms with E-state index in [2.05, 4.69) is 20.8 Å². The highest BCUT2D eigenvalue weighted by molar-refractivity contribution is 5.30. The van der Waals surface area contributed by atoms with Crippen molar-refractivity contribution in [2.24, 2.45) is 0 Å². The van der Waals surface area contributed by atoms with E-state index in [1.165, 1.54) is 18.2 Å². The van der Waals surface area contributed by atoms with Crippen LogP contribution in [0.25, 0.3) is 0 Å². The van der Waals surface area contributed by atoms with Crippen LogP contribution in [0.1, 0.15) is 68.9 Å². The van der Waals surface area contributed by atoms with Crippen molar-refractivity contribution < 1.29 is 8.78 Å². The van der Waals surface area contributed by atoms with E-state index in [4.69, 9.17) is 0 Å². The summed E-state index contributed by atoms with van der Waals surface area (Å²) >= 11 is 0. The molecular formula is C18H23F2N5. The Labute approximate surface area is 145 Å². The molecule has 0 spiro atoms. The van der Waals surface area contributed by atoms with Gasteiger partial charge in [-0.25, -0.2) is 13.5 Å². The number of rotatable bonds is 6. The average molecular weight is 347 g/mol. The number of hydrogen-bond donors (Lipinski definition) is 1. The second-order valence-electron chi connectivity index (χ2n) is 7.40. The molecule has 25 heavy (non-hydrogen) atoms. The van der Waals surface area contributed by atoms with Gasteiger partial charge in [-0.15, -0.1) is 5.10 Å². The highest BCUT2D eigenvalue weighted by Gasteiger charge is 2.40. The summed E-state index contributed by atoms with van der Waals surface area (Å²) in [5.74, 6) is -0.0945. The first-order valence-corrected chi connectivity index (χ1v) is 9.06. The molecule has 134 valence electrons. The van der Waals surface area contributed by atoms with E-state index in [1.807, 2.05) is 11.6 Å². The van der Waals surface area contributed by atoms with Gasteiger partial charge in [-0.05, 0) is 55.2 Å². The molecule has 0 saturated heterocycles. The standard InChI is InChI=1S/C18H23F2N5/c1-12(17-22-23-24-25(17)13-7-8-13)21-11-18(9-2-3-10-18)16-14(19)5-4-6-15(16)20/h4-6,12-13,21H,2-3,7-11H2,1H3. The average Bonchev–Trinajstić information content (AvgIpc) is 3.13. The largest absolute Gasteiger partial charge is 0.307 e. The Kier molecular flexibility index (Phi) is 4.27. The van der Waals surface area contributed by atoms with Gasteiger partial charge in [-0.1, -0.05) is 18.9 Å². The van der Waals surface area contributed by atoms with Crippen LogP contribution in [-0.2, 0) is 5.41 Å². The zero-order chi connectivity index (χ0) is 17.4. The third-order valence-corrected chi connectivity index (χ3v) is 5.60. The molecule has 2 saturated carbocycles. The molecule has 1 N–H and O–H groups in total. The van der Waals surface area contributed by atoms with Crippen LogP contribution < -0.4 is 5.32 Å². The maximum absolute atomic E-state index is 14.4. The first-order valence-electron chi connectivity index (χ1n) is 9.06. The fourth-order valence-electron chi connectivity index (χ4n) is 4.08. The normalized spacial score (nSPS) is 20.8. The summed E-state index contributed by atoms with van der Waals surface area (Å²) in [4.78, 5) is 0. The lowest BCUT2D eigenvalue weighted by Crippen LogP contribution is -2.39. The highest BCUT2D eigenvalue weighted by atomic mass is 19.1. The van der Waals surface area contributed by atoms with Gasteiger partial charge in [-0.3, -0.25) is 0 Å². The molecule has 1 unspecified atom stereocenters. The molecule has 4 rings (SSSR count). The molecule has 5 nitrogen and oxygen atoms in total. The lowest BCUT2D eigenvalue weighted by atomic mass is 9.78. The Morgan fingerprint density at radius 3 is 2.56 bits per heavy atom. The molecule has 0 amide bonds. The van der Waals surface area contributed by atoms with Crippen LogP contribution in [0.4, 0.5) is 8.78 Å². The van der Waals surface area contributed by atoms with E-state index in [9.17, 15) is 8.78 Å². The van der Waals surface area contributed by atoms with E-state index >= 15 is 0 Å². The molecule has 2 fully saturated rings. The summed E-state index contributed by atoms with van der Waals surface area (Å²) < 4.78 is 30.7. The lowest BCUT2D eigenvalue weighted by molar-refractivity contribution is 0.345. The van der Waals surface area contributed by atoms with Gasteiger partial charge in [0.15, 0.2) is 5.82 Å². The Hall–Kier alpha value is -1.89. The SMILES string of the molecule is CC(NCC1(c2c(F)cccc2F)CCCC1)c1nnnn1C1CC1. The minimum absolute atomic E-state index is 0.0668. The summed E-state index contributed by atoms with van der Waals surface area (Å²) in [5, 5.41) is 15.5. The molecule has 1 heterocycles. The van der Waals surface area contributed by atoms with Crippen molar-refractivity contribution in [1.82, 2.24) is 25.5 Å². The molecule has 1 atom stereocenters. The van der Waals surface area contributed by atoms with Gasteiger partial charge in [0.1, 0.15) is 11.6 Å². The van der Waals surface area contributed by atoms with Gasteiger partial charge in [0, 0.05) is 17.5 Å². The van der Waals surface area contributed by atoms with Crippen LogP contribution in [0.15, 0.2) is 18.2 Å². The fraction of sp³-hybridized carbons (Fsp3) is 0.611. The van der Waals surface area contributed by atoms with Crippen molar-refractivity contribution in [2.75, 3.05) is 6.54 Å². The van der Waals surface area contributed by atoms with Crippen molar-refractivity contribution in [2.45, 2.75) is 62.9 Å². The van der Waals surface area contributed by atoms with Crippen molar-refractivity contribution in [3.8, 4) is 0 Å². The molecule has 0 radical (unpaired) electrons. The summed E-state index contributed by atoms with van der Waals surface area (Å²) in [6.45, 7) is 2.52. The number of tetrazole rings is 1. The topological polar surface area (TPSA) is 55.6 Å². The van der Waals surface area contributed by atoms with Gasteiger partial charge in [-0.2, -0.15) is 0 Å². The minimum Gasteiger partial charge on any atom is -0.307 e. The number of nitrogens with one attached hydrogen (secondary N) is 1. The van der Waals surface area contributed by atoms with Crippen molar-refractivity contribution in [3.63, 3.8) is 0 Å². The summed E-state index contributed by atoms with van der Waals surface area (Å²) in [6.07, 6.45) is 5.77. The predicted molar refractivity (Wildman–Crippen MR) is 89.0 cm³/mol. The Balaban J connectivity index is 1.55. The number of halogens is 2. The van der Waals surface area contributed by atoms with Gasteiger partial charge < -0.3 is 5.32 Å². The number of aromatic nitrogens is 4. The van der Waals surface area contributed by atoms with E-state index in [1.54, 1.807) is 0 Å². The summed E-state index contributed by atoms with van der Waals surface area (Å²) in [5.41, 5.74) is -0.268. The van der Waals surface area contributed by atoms with E-state index < -0.39 is 17.0 Å². The molecule has 1 aromatic heterocycles. The zero-order valence-corrected chi connectivity index (χ0v) is 14.4. The second kappa shape index (κ2) is 6.44. The molecule has 1 aromatic carbocycles. The van der Waals surface area contributed by atoms with Crippen LogP contribution in [0.3, 0.4) is 0 Å². The van der Waals surface area contributed by atoms with Gasteiger partial charge in [0.2, 0.25) is 0 Å². The zero-order valence-electron chi connectivity index (χ0n) is 14.4. The summed E-state index contributed by atoms with van der Waals surface area (Å²) in [6, 6.07) is 4.48. The van der Waals surface area contributed by atoms with Gasteiger partial charge in [0.25, 0.3) is 0 Å². The lowest BCUT2D eigenvalue weighted by Gasteiger charge is -2.32. The maximum Gasteiger partial charge on any atom is 0.168 e. The van der Waals surface area contributed by atoms with E-state index in [0.717, 1.165) is 44.3 Å². The van der Waals surface area contributed by atoms with Crippen LogP contribution in [0, 0.1) is 11.6 Å². The van der Waals surface area contributed by atoms with Crippen LogP contribution >= 0.6 is 0 Å². The number of nitrogens with zero attached hydrogens (tertiary/aromatic N) is 4. The number of hydrogen-bond acceptors (Lipinski definition) is 4. The first-order chi connectivity index (χ1) is 12.1. The molecule has 2 aromatic rings. The second-order valence-corrected chi connectivity index (χ2v) is 7.40. The van der Waals surface area contributed by atoms with E-state index in [0.29, 0.717) is 12.6 Å². The fourth-order valence-corrected chi connectivity index (χ4v) is 4.08. The minimum atomic E-state index is -0.498. The van der Waals surface area contributed by atoms with Crippen molar-refractivity contribution in [3.05, 3.63) is 41.2 Å². The maximum atomic E-state index is 14.4. The van der Waals surface area contributed by atoms with Gasteiger partial charge >= 0.3 is 0 Å². The van der Waals surface area contributed by atoms with Crippen LogP contribution in [-0.4, -0.2) is 26.8 Å². The molecule has 0 aliphatic heterocycles. The molecule has 7 heteroatoms. The highest BCUT2D eigenvalue weighted by Crippen LogP contribution is 2.43. The van der Waals surface area contributed by atoms with Crippen molar-refractivity contribution in [1.29, 1.82) is 0 Å². The first kappa shape index (κ1) is 16.6. The Bertz CT molecular complexity index is 729. The van der Waals surface area contributed by atoms with Crippen LogP contribution in [0.5, 0.6) is 0 Å². The quantitative estimate of drug-likeness (QED) is 0.870. The Morgan fingerprint density at radius 2 is 1.92 bits per heavy atom. The third-order valence-electron chi connectivity index (χ3n) is 5.60. The molecule has 2 aliphatic carbocycles. The van der Waals surface area contributed by atoms with E-state index in [-0.39, 0.29) is 11.6 Å². The Morgan fingerprint density at radius 1 is 1.24 bits per heavy atom. The monoisotopic (exact) mass is 347 g/mol. The molecule has 0 bridgehead atoms. The van der Waals surface area contributed by atoms with Gasteiger partial charge in [0.05, 0.1) is 12.1 Å². The smallest absolute Gasteiger partial charge is 0.168 e. The molecule has 2 aliphatic rings. The summed E-state index contributed by atoms with van der Waals surface area (Å²) in [7, 11) is 0. The molecular weight excluding hydrogens is 324 g/mol.